The molecule has 118 valence electrons. The molecule has 1 atom stereocenters. The van der Waals surface area contributed by atoms with Gasteiger partial charge in [-0.2, -0.15) is 0 Å². The third-order valence-corrected chi connectivity index (χ3v) is 3.90. The average molecular weight is 291 g/mol. The number of hydrogen-bond acceptors (Lipinski definition) is 2. The van der Waals surface area contributed by atoms with Crippen molar-refractivity contribution in [2.45, 2.75) is 40.2 Å². The second kappa shape index (κ2) is 8.05. The predicted molar refractivity (Wildman–Crippen MR) is 87.3 cm³/mol. The summed E-state index contributed by atoms with van der Waals surface area (Å²) in [6.45, 7) is 11.6. The lowest BCUT2D eigenvalue weighted by Crippen LogP contribution is -2.40. The lowest BCUT2D eigenvalue weighted by atomic mass is 9.97. The van der Waals surface area contributed by atoms with Crippen LogP contribution < -0.4 is 5.32 Å². The Kier molecular flexibility index (Phi) is 6.08. The summed E-state index contributed by atoms with van der Waals surface area (Å²) in [5.74, 6) is 2.68. The van der Waals surface area contributed by atoms with Crippen LogP contribution in [0.25, 0.3) is 0 Å². The smallest absolute Gasteiger partial charge is 0.193 e. The van der Waals surface area contributed by atoms with Crippen LogP contribution in [0.3, 0.4) is 0 Å². The molecule has 0 aromatic carbocycles. The fourth-order valence-corrected chi connectivity index (χ4v) is 3.00. The maximum atomic E-state index is 4.77. The lowest BCUT2D eigenvalue weighted by molar-refractivity contribution is 0.403. The van der Waals surface area contributed by atoms with Gasteiger partial charge < -0.3 is 14.8 Å². The minimum atomic E-state index is 0.788. The monoisotopic (exact) mass is 291 g/mol. The molecule has 5 heteroatoms. The molecule has 0 amide bonds. The Morgan fingerprint density at radius 3 is 3.00 bits per heavy atom. The van der Waals surface area contributed by atoms with Crippen LogP contribution in [0.4, 0.5) is 0 Å². The maximum absolute atomic E-state index is 4.77. The highest BCUT2D eigenvalue weighted by molar-refractivity contribution is 5.80. The molecule has 1 unspecified atom stereocenters. The van der Waals surface area contributed by atoms with E-state index in [2.05, 4.69) is 40.5 Å². The van der Waals surface area contributed by atoms with Crippen molar-refractivity contribution in [1.29, 1.82) is 0 Å². The van der Waals surface area contributed by atoms with Crippen LogP contribution in [-0.4, -0.2) is 46.6 Å². The first-order valence-corrected chi connectivity index (χ1v) is 8.18. The molecule has 1 aromatic rings. The first-order chi connectivity index (χ1) is 10.2. The molecule has 1 aromatic heterocycles. The van der Waals surface area contributed by atoms with E-state index >= 15 is 0 Å². The molecule has 21 heavy (non-hydrogen) atoms. The van der Waals surface area contributed by atoms with Crippen molar-refractivity contribution in [2.24, 2.45) is 16.8 Å². The van der Waals surface area contributed by atoms with Gasteiger partial charge in [-0.1, -0.05) is 13.8 Å². The van der Waals surface area contributed by atoms with Gasteiger partial charge in [0, 0.05) is 38.6 Å². The fourth-order valence-electron chi connectivity index (χ4n) is 3.00. The van der Waals surface area contributed by atoms with Gasteiger partial charge >= 0.3 is 0 Å². The van der Waals surface area contributed by atoms with Crippen LogP contribution in [0.2, 0.25) is 0 Å². The van der Waals surface area contributed by atoms with Crippen LogP contribution >= 0.6 is 0 Å². The zero-order valence-corrected chi connectivity index (χ0v) is 13.6. The van der Waals surface area contributed by atoms with Gasteiger partial charge in [-0.25, -0.2) is 4.98 Å². The third-order valence-electron chi connectivity index (χ3n) is 3.90. The number of hydrogen-bond donors (Lipinski definition) is 1. The van der Waals surface area contributed by atoms with E-state index in [1.54, 1.807) is 0 Å². The molecule has 0 bridgehead atoms. The topological polar surface area (TPSA) is 45.5 Å². The van der Waals surface area contributed by atoms with Gasteiger partial charge in [-0.15, -0.1) is 0 Å². The number of rotatable bonds is 6. The van der Waals surface area contributed by atoms with Crippen molar-refractivity contribution >= 4 is 5.96 Å². The van der Waals surface area contributed by atoms with Gasteiger partial charge in [-0.3, -0.25) is 4.99 Å². The Morgan fingerprint density at radius 2 is 2.33 bits per heavy atom. The molecule has 5 nitrogen and oxygen atoms in total. The zero-order chi connectivity index (χ0) is 15.1. The quantitative estimate of drug-likeness (QED) is 0.646. The summed E-state index contributed by atoms with van der Waals surface area (Å²) < 4.78 is 2.07. The highest BCUT2D eigenvalue weighted by Gasteiger charge is 2.25. The summed E-state index contributed by atoms with van der Waals surface area (Å²) in [4.78, 5) is 11.2. The van der Waals surface area contributed by atoms with Crippen molar-refractivity contribution in [3.05, 3.63) is 18.7 Å². The summed E-state index contributed by atoms with van der Waals surface area (Å²) in [5.41, 5.74) is 0. The van der Waals surface area contributed by atoms with Gasteiger partial charge in [0.25, 0.3) is 0 Å². The van der Waals surface area contributed by atoms with Crippen LogP contribution in [0.5, 0.6) is 0 Å². The van der Waals surface area contributed by atoms with Gasteiger partial charge in [0.15, 0.2) is 5.96 Å². The normalized spacial score (nSPS) is 19.5. The molecule has 0 saturated carbocycles. The zero-order valence-electron chi connectivity index (χ0n) is 13.6. The summed E-state index contributed by atoms with van der Waals surface area (Å²) in [6, 6.07) is 0. The minimum absolute atomic E-state index is 0.788. The molecule has 1 N–H and O–H groups in total. The van der Waals surface area contributed by atoms with Crippen molar-refractivity contribution < 1.29 is 0 Å². The average Bonchev–Trinajstić information content (AvgIpc) is 3.08. The van der Waals surface area contributed by atoms with Gasteiger partial charge in [0.1, 0.15) is 0 Å². The van der Waals surface area contributed by atoms with Gasteiger partial charge in [0.05, 0.1) is 12.9 Å². The molecule has 2 rings (SSSR count). The number of nitrogens with zero attached hydrogens (tertiary/aromatic N) is 4. The molecule has 1 saturated heterocycles. The molecule has 1 aliphatic rings. The third kappa shape index (κ3) is 5.06. The number of aromatic nitrogens is 2. The lowest BCUT2D eigenvalue weighted by Gasteiger charge is -2.22. The summed E-state index contributed by atoms with van der Waals surface area (Å²) in [7, 11) is 0. The summed E-state index contributed by atoms with van der Waals surface area (Å²) in [5, 5.41) is 3.43. The molecular formula is C16H29N5. The number of imidazole rings is 1. The molecule has 1 aliphatic heterocycles. The Labute approximate surface area is 128 Å². The molecule has 0 spiro atoms. The standard InChI is InChI=1S/C16H29N5/c1-4-18-16(19-7-10-20-9-6-17-13-20)21-8-5-15(12-21)11-14(2)3/h6,9,13-15H,4-5,7-8,10-12H2,1-3H3,(H,18,19). The van der Waals surface area contributed by atoms with Gasteiger partial charge in [0.2, 0.25) is 0 Å². The number of guanidine groups is 1. The van der Waals surface area contributed by atoms with E-state index in [9.17, 15) is 0 Å². The van der Waals surface area contributed by atoms with E-state index in [4.69, 9.17) is 4.99 Å². The van der Waals surface area contributed by atoms with E-state index in [-0.39, 0.29) is 0 Å². The molecule has 1 fully saturated rings. The summed E-state index contributed by atoms with van der Waals surface area (Å²) >= 11 is 0. The van der Waals surface area contributed by atoms with Gasteiger partial charge in [-0.05, 0) is 31.6 Å². The van der Waals surface area contributed by atoms with E-state index in [0.29, 0.717) is 0 Å². The Balaban J connectivity index is 1.86. The SMILES string of the molecule is CCNC(=NCCn1ccnc1)N1CCC(CC(C)C)C1. The van der Waals surface area contributed by atoms with Crippen molar-refractivity contribution in [3.63, 3.8) is 0 Å². The Hall–Kier alpha value is -1.52. The van der Waals surface area contributed by atoms with Crippen molar-refractivity contribution in [1.82, 2.24) is 19.8 Å². The Morgan fingerprint density at radius 1 is 1.48 bits per heavy atom. The first-order valence-electron chi connectivity index (χ1n) is 8.18. The minimum Gasteiger partial charge on any atom is -0.357 e. The van der Waals surface area contributed by atoms with E-state index < -0.39 is 0 Å². The second-order valence-electron chi connectivity index (χ2n) is 6.27. The number of likely N-dealkylation sites (tertiary alicyclic amines) is 1. The van der Waals surface area contributed by atoms with Crippen molar-refractivity contribution in [2.75, 3.05) is 26.2 Å². The first kappa shape index (κ1) is 15.9. The van der Waals surface area contributed by atoms with Crippen LogP contribution in [0.15, 0.2) is 23.7 Å². The highest BCUT2D eigenvalue weighted by Crippen LogP contribution is 2.23. The van der Waals surface area contributed by atoms with E-state index in [0.717, 1.165) is 50.5 Å². The van der Waals surface area contributed by atoms with Crippen LogP contribution in [0, 0.1) is 11.8 Å². The van der Waals surface area contributed by atoms with E-state index in [1.165, 1.54) is 12.8 Å². The molecule has 2 heterocycles. The molecule has 0 radical (unpaired) electrons. The highest BCUT2D eigenvalue weighted by atomic mass is 15.3. The van der Waals surface area contributed by atoms with Crippen LogP contribution in [0.1, 0.15) is 33.6 Å². The second-order valence-corrected chi connectivity index (χ2v) is 6.27. The number of nitrogens with one attached hydrogen (secondary N) is 1. The fraction of sp³-hybridized carbons (Fsp3) is 0.750. The van der Waals surface area contributed by atoms with Crippen molar-refractivity contribution in [3.8, 4) is 0 Å². The summed E-state index contributed by atoms with van der Waals surface area (Å²) in [6.07, 6.45) is 8.26. The largest absolute Gasteiger partial charge is 0.357 e. The Bertz CT molecular complexity index is 424. The van der Waals surface area contributed by atoms with E-state index in [1.807, 2.05) is 18.7 Å². The molecular weight excluding hydrogens is 262 g/mol. The number of aliphatic imine (C=N–C) groups is 1. The predicted octanol–water partition coefficient (Wildman–Crippen LogP) is 2.22. The molecule has 0 aliphatic carbocycles. The maximum Gasteiger partial charge on any atom is 0.193 e. The van der Waals surface area contributed by atoms with Crippen LogP contribution in [-0.2, 0) is 6.54 Å².